The van der Waals surface area contributed by atoms with Crippen molar-refractivity contribution in [3.8, 4) is 5.75 Å². The van der Waals surface area contributed by atoms with Crippen LogP contribution in [-0.2, 0) is 20.7 Å². The van der Waals surface area contributed by atoms with Crippen LogP contribution in [-0.4, -0.2) is 35.1 Å². The zero-order valence-electron chi connectivity index (χ0n) is 12.1. The maximum absolute atomic E-state index is 12.4. The average Bonchev–Trinajstić information content (AvgIpc) is 2.44. The van der Waals surface area contributed by atoms with Gasteiger partial charge in [-0.25, -0.2) is 4.79 Å². The molecule has 0 bridgehead atoms. The molecule has 1 atom stereocenters. The molecule has 0 amide bonds. The molecule has 128 valence electrons. The lowest BCUT2D eigenvalue weighted by molar-refractivity contribution is -0.274. The predicted molar refractivity (Wildman–Crippen MR) is 70.7 cm³/mol. The van der Waals surface area contributed by atoms with Gasteiger partial charge >= 0.3 is 18.3 Å². The number of esters is 1. The van der Waals surface area contributed by atoms with Crippen LogP contribution < -0.4 is 4.74 Å². The zero-order valence-corrected chi connectivity index (χ0v) is 12.1. The lowest BCUT2D eigenvalue weighted by Crippen LogP contribution is -2.19. The first-order valence-electron chi connectivity index (χ1n) is 6.59. The first-order chi connectivity index (χ1) is 10.6. The van der Waals surface area contributed by atoms with E-state index in [1.54, 1.807) is 6.92 Å². The Morgan fingerprint density at radius 2 is 1.96 bits per heavy atom. The predicted octanol–water partition coefficient (Wildman–Crippen LogP) is 2.20. The summed E-state index contributed by atoms with van der Waals surface area (Å²) in [4.78, 5) is 22.1. The summed E-state index contributed by atoms with van der Waals surface area (Å²) in [5.74, 6) is -2.73. The number of hydrogen-bond acceptors (Lipinski definition) is 5. The van der Waals surface area contributed by atoms with Crippen molar-refractivity contribution in [3.63, 3.8) is 0 Å². The first kappa shape index (κ1) is 18.8. The van der Waals surface area contributed by atoms with Crippen LogP contribution in [0.2, 0.25) is 0 Å². The highest BCUT2D eigenvalue weighted by molar-refractivity contribution is 5.74. The number of carboxylic acids is 1. The van der Waals surface area contributed by atoms with E-state index >= 15 is 0 Å². The number of aliphatic hydroxyl groups excluding tert-OH is 1. The summed E-state index contributed by atoms with van der Waals surface area (Å²) in [6.07, 6.45) is -7.21. The van der Waals surface area contributed by atoms with E-state index < -0.39 is 30.2 Å². The Labute approximate surface area is 129 Å². The van der Waals surface area contributed by atoms with Gasteiger partial charge in [-0.3, -0.25) is 4.79 Å². The third-order valence-corrected chi connectivity index (χ3v) is 2.76. The first-order valence-corrected chi connectivity index (χ1v) is 6.59. The number of carbonyl (C=O) groups excluding carboxylic acids is 1. The third kappa shape index (κ3) is 6.15. The molecule has 6 nitrogen and oxygen atoms in total. The Morgan fingerprint density at radius 1 is 1.30 bits per heavy atom. The van der Waals surface area contributed by atoms with Crippen LogP contribution in [0, 0.1) is 0 Å². The highest BCUT2D eigenvalue weighted by Gasteiger charge is 2.32. The maximum atomic E-state index is 12.4. The Morgan fingerprint density at radius 3 is 2.48 bits per heavy atom. The van der Waals surface area contributed by atoms with Crippen LogP contribution in [0.4, 0.5) is 13.2 Å². The average molecular weight is 336 g/mol. The van der Waals surface area contributed by atoms with Crippen molar-refractivity contribution in [3.05, 3.63) is 29.3 Å². The van der Waals surface area contributed by atoms with Gasteiger partial charge in [-0.1, -0.05) is 6.07 Å². The maximum Gasteiger partial charge on any atom is 0.573 e. The van der Waals surface area contributed by atoms with Crippen molar-refractivity contribution >= 4 is 11.9 Å². The van der Waals surface area contributed by atoms with Crippen LogP contribution in [0.25, 0.3) is 0 Å². The second-order valence-corrected chi connectivity index (χ2v) is 4.46. The van der Waals surface area contributed by atoms with E-state index in [-0.39, 0.29) is 30.6 Å². The van der Waals surface area contributed by atoms with E-state index in [1.165, 1.54) is 0 Å². The number of alkyl halides is 3. The molecular formula is C14H15F3O6. The van der Waals surface area contributed by atoms with Gasteiger partial charge in [0, 0.05) is 6.42 Å². The van der Waals surface area contributed by atoms with Crippen LogP contribution >= 0.6 is 0 Å². The van der Waals surface area contributed by atoms with Crippen LogP contribution in [0.15, 0.2) is 18.2 Å². The quantitative estimate of drug-likeness (QED) is 0.742. The SMILES string of the molecule is CCOC(=O)CCc1cc(C(O)C(=O)O)ccc1OC(F)(F)F. The molecule has 0 aromatic heterocycles. The fraction of sp³-hybridized carbons (Fsp3) is 0.429. The summed E-state index contributed by atoms with van der Waals surface area (Å²) in [5, 5.41) is 18.2. The normalized spacial score (nSPS) is 12.6. The standard InChI is InChI=1S/C14H15F3O6/c1-2-22-11(18)6-4-8-7-9(12(19)13(20)21)3-5-10(8)23-14(15,16)17/h3,5,7,12,19H,2,4,6H2,1H3,(H,20,21). The number of hydrogen-bond donors (Lipinski definition) is 2. The highest BCUT2D eigenvalue weighted by atomic mass is 19.4. The summed E-state index contributed by atoms with van der Waals surface area (Å²) in [6.45, 7) is 1.71. The molecule has 0 heterocycles. The van der Waals surface area contributed by atoms with Crippen molar-refractivity contribution in [1.29, 1.82) is 0 Å². The van der Waals surface area contributed by atoms with Crippen molar-refractivity contribution in [1.82, 2.24) is 0 Å². The fourth-order valence-electron chi connectivity index (χ4n) is 1.80. The third-order valence-electron chi connectivity index (χ3n) is 2.76. The molecule has 1 rings (SSSR count). The second kappa shape index (κ2) is 7.82. The summed E-state index contributed by atoms with van der Waals surface area (Å²) in [6, 6.07) is 2.96. The van der Waals surface area contributed by atoms with E-state index in [2.05, 4.69) is 9.47 Å². The van der Waals surface area contributed by atoms with Gasteiger partial charge in [-0.05, 0) is 36.6 Å². The molecule has 2 N–H and O–H groups in total. The van der Waals surface area contributed by atoms with Gasteiger partial charge in [0.05, 0.1) is 6.61 Å². The van der Waals surface area contributed by atoms with Crippen LogP contribution in [0.1, 0.15) is 30.6 Å². The van der Waals surface area contributed by atoms with Crippen molar-refractivity contribution in [2.45, 2.75) is 32.2 Å². The van der Waals surface area contributed by atoms with Gasteiger partial charge in [-0.2, -0.15) is 0 Å². The molecule has 9 heteroatoms. The van der Waals surface area contributed by atoms with Crippen LogP contribution in [0.5, 0.6) is 5.75 Å². The van der Waals surface area contributed by atoms with E-state index in [1.807, 2.05) is 0 Å². The molecule has 1 aromatic carbocycles. The number of ether oxygens (including phenoxy) is 2. The number of halogens is 3. The monoisotopic (exact) mass is 336 g/mol. The Hall–Kier alpha value is -2.29. The van der Waals surface area contributed by atoms with Crippen molar-refractivity contribution in [2.24, 2.45) is 0 Å². The fourth-order valence-corrected chi connectivity index (χ4v) is 1.80. The van der Waals surface area contributed by atoms with Gasteiger partial charge in [0.25, 0.3) is 0 Å². The molecule has 0 aliphatic heterocycles. The number of aryl methyl sites for hydroxylation is 1. The van der Waals surface area contributed by atoms with E-state index in [4.69, 9.17) is 5.11 Å². The number of aliphatic hydroxyl groups is 1. The molecule has 0 saturated heterocycles. The largest absolute Gasteiger partial charge is 0.573 e. The van der Waals surface area contributed by atoms with Crippen LogP contribution in [0.3, 0.4) is 0 Å². The smallest absolute Gasteiger partial charge is 0.479 e. The minimum atomic E-state index is -4.94. The van der Waals surface area contributed by atoms with Gasteiger partial charge < -0.3 is 19.7 Å². The number of carbonyl (C=O) groups is 2. The van der Waals surface area contributed by atoms with Gasteiger partial charge in [0.15, 0.2) is 6.10 Å². The van der Waals surface area contributed by atoms with Gasteiger partial charge in [0.1, 0.15) is 5.75 Å². The Bertz CT molecular complexity index is 570. The number of carboxylic acid groups (broad SMARTS) is 1. The topological polar surface area (TPSA) is 93.1 Å². The summed E-state index contributed by atoms with van der Waals surface area (Å²) < 4.78 is 45.6. The molecule has 0 fully saturated rings. The molecule has 0 aliphatic carbocycles. The molecule has 23 heavy (non-hydrogen) atoms. The Kier molecular flexibility index (Phi) is 6.38. The molecule has 0 saturated carbocycles. The summed E-state index contributed by atoms with van der Waals surface area (Å²) in [7, 11) is 0. The molecular weight excluding hydrogens is 321 g/mol. The second-order valence-electron chi connectivity index (χ2n) is 4.46. The van der Waals surface area contributed by atoms with Crippen molar-refractivity contribution < 1.29 is 42.4 Å². The van der Waals surface area contributed by atoms with Gasteiger partial charge in [-0.15, -0.1) is 13.2 Å². The minimum absolute atomic E-state index is 0.0619. The Balaban J connectivity index is 3.05. The number of rotatable bonds is 7. The molecule has 1 aromatic rings. The highest BCUT2D eigenvalue weighted by Crippen LogP contribution is 2.30. The number of benzene rings is 1. The summed E-state index contributed by atoms with van der Waals surface area (Å²) >= 11 is 0. The van der Waals surface area contributed by atoms with E-state index in [0.29, 0.717) is 0 Å². The van der Waals surface area contributed by atoms with Crippen molar-refractivity contribution in [2.75, 3.05) is 6.61 Å². The molecule has 0 aliphatic rings. The molecule has 1 unspecified atom stereocenters. The minimum Gasteiger partial charge on any atom is -0.479 e. The lowest BCUT2D eigenvalue weighted by Gasteiger charge is -2.15. The lowest BCUT2D eigenvalue weighted by atomic mass is 10.0. The summed E-state index contributed by atoms with van der Waals surface area (Å²) in [5.41, 5.74) is -0.181. The number of aliphatic carboxylic acids is 1. The van der Waals surface area contributed by atoms with Gasteiger partial charge in [0.2, 0.25) is 0 Å². The van der Waals surface area contributed by atoms with E-state index in [9.17, 15) is 27.9 Å². The molecule has 0 radical (unpaired) electrons. The molecule has 0 spiro atoms. The zero-order chi connectivity index (χ0) is 17.6. The van der Waals surface area contributed by atoms with E-state index in [0.717, 1.165) is 18.2 Å².